The molecule has 0 aliphatic heterocycles. The molecule has 5 heteroatoms. The van der Waals surface area contributed by atoms with E-state index in [0.29, 0.717) is 0 Å². The highest BCUT2D eigenvalue weighted by molar-refractivity contribution is 4.84. The molecule has 0 amide bonds. The molecule has 2 atom stereocenters. The first kappa shape index (κ1) is 10.8. The van der Waals surface area contributed by atoms with E-state index in [4.69, 9.17) is 5.73 Å². The summed E-state index contributed by atoms with van der Waals surface area (Å²) in [6.07, 6.45) is -0.529. The van der Waals surface area contributed by atoms with Crippen LogP contribution in [-0.2, 0) is 0 Å². The summed E-state index contributed by atoms with van der Waals surface area (Å²) >= 11 is 0. The molecule has 1 fully saturated rings. The third-order valence-electron chi connectivity index (χ3n) is 2.38. The van der Waals surface area contributed by atoms with Crippen molar-refractivity contribution in [3.8, 4) is 0 Å². The van der Waals surface area contributed by atoms with Crippen LogP contribution in [0.1, 0.15) is 25.7 Å². The van der Waals surface area contributed by atoms with Gasteiger partial charge in [0, 0.05) is 12.1 Å². The van der Waals surface area contributed by atoms with Crippen LogP contribution in [0.15, 0.2) is 0 Å². The first-order chi connectivity index (χ1) is 5.99. The standard InChI is InChI=1S/C8H15F3N2/c9-8(10,11)5-13-7-4-2-1-3-6(7)12/h6-7,13H,1-5,12H2/t6-,7+/m1/s1. The van der Waals surface area contributed by atoms with E-state index in [1.54, 1.807) is 0 Å². The number of hydrogen-bond donors (Lipinski definition) is 2. The number of nitrogens with two attached hydrogens (primary N) is 1. The minimum absolute atomic E-state index is 0.115. The van der Waals surface area contributed by atoms with E-state index in [2.05, 4.69) is 5.32 Å². The lowest BCUT2D eigenvalue weighted by atomic mass is 9.91. The molecule has 78 valence electrons. The fraction of sp³-hybridized carbons (Fsp3) is 1.00. The van der Waals surface area contributed by atoms with Crippen LogP contribution in [-0.4, -0.2) is 24.8 Å². The van der Waals surface area contributed by atoms with Gasteiger partial charge in [-0.2, -0.15) is 13.2 Å². The summed E-state index contributed by atoms with van der Waals surface area (Å²) in [6.45, 7) is -0.925. The number of nitrogens with one attached hydrogen (secondary N) is 1. The van der Waals surface area contributed by atoms with E-state index in [9.17, 15) is 13.2 Å². The average molecular weight is 196 g/mol. The van der Waals surface area contributed by atoms with Crippen molar-refractivity contribution >= 4 is 0 Å². The molecular formula is C8H15F3N2. The fourth-order valence-electron chi connectivity index (χ4n) is 1.66. The maximum atomic E-state index is 11.8. The lowest BCUT2D eigenvalue weighted by molar-refractivity contribution is -0.126. The smallest absolute Gasteiger partial charge is 0.326 e. The first-order valence-electron chi connectivity index (χ1n) is 4.55. The van der Waals surface area contributed by atoms with Crippen LogP contribution in [0.3, 0.4) is 0 Å². The Morgan fingerprint density at radius 1 is 1.23 bits per heavy atom. The van der Waals surface area contributed by atoms with Gasteiger partial charge in [0.1, 0.15) is 0 Å². The molecule has 2 nitrogen and oxygen atoms in total. The molecule has 0 radical (unpaired) electrons. The Morgan fingerprint density at radius 2 is 1.85 bits per heavy atom. The number of hydrogen-bond acceptors (Lipinski definition) is 2. The van der Waals surface area contributed by atoms with Gasteiger partial charge in [0.2, 0.25) is 0 Å². The molecule has 0 aromatic heterocycles. The highest BCUT2D eigenvalue weighted by Gasteiger charge is 2.30. The third-order valence-corrected chi connectivity index (χ3v) is 2.38. The largest absolute Gasteiger partial charge is 0.401 e. The second-order valence-corrected chi connectivity index (χ2v) is 3.55. The highest BCUT2D eigenvalue weighted by atomic mass is 19.4. The van der Waals surface area contributed by atoms with E-state index in [0.717, 1.165) is 25.7 Å². The van der Waals surface area contributed by atoms with Crippen molar-refractivity contribution in [1.82, 2.24) is 5.32 Å². The summed E-state index contributed by atoms with van der Waals surface area (Å²) in [6, 6.07) is -0.272. The molecule has 0 aromatic rings. The van der Waals surface area contributed by atoms with Crippen molar-refractivity contribution in [2.45, 2.75) is 43.9 Å². The molecule has 13 heavy (non-hydrogen) atoms. The van der Waals surface area contributed by atoms with Crippen molar-refractivity contribution in [3.63, 3.8) is 0 Å². The zero-order chi connectivity index (χ0) is 9.90. The van der Waals surface area contributed by atoms with Gasteiger partial charge in [-0.3, -0.25) is 0 Å². The van der Waals surface area contributed by atoms with E-state index in [-0.39, 0.29) is 12.1 Å². The molecule has 1 rings (SSSR count). The zero-order valence-electron chi connectivity index (χ0n) is 7.40. The Morgan fingerprint density at radius 3 is 2.38 bits per heavy atom. The van der Waals surface area contributed by atoms with Crippen LogP contribution in [0.25, 0.3) is 0 Å². The minimum Gasteiger partial charge on any atom is -0.326 e. The van der Waals surface area contributed by atoms with E-state index in [1.807, 2.05) is 0 Å². The van der Waals surface area contributed by atoms with Gasteiger partial charge in [-0.05, 0) is 12.8 Å². The molecule has 0 saturated heterocycles. The normalized spacial score (nSPS) is 30.5. The monoisotopic (exact) mass is 196 g/mol. The Hall–Kier alpha value is -0.290. The average Bonchev–Trinajstić information content (AvgIpc) is 2.01. The molecule has 1 aliphatic carbocycles. The third kappa shape index (κ3) is 3.95. The number of rotatable bonds is 2. The number of alkyl halides is 3. The Balaban J connectivity index is 2.27. The van der Waals surface area contributed by atoms with E-state index < -0.39 is 12.7 Å². The van der Waals surface area contributed by atoms with Crippen molar-refractivity contribution in [2.75, 3.05) is 6.54 Å². The molecule has 0 aromatic carbocycles. The summed E-state index contributed by atoms with van der Waals surface area (Å²) in [5.74, 6) is 0. The van der Waals surface area contributed by atoms with Crippen molar-refractivity contribution in [1.29, 1.82) is 0 Å². The number of halogens is 3. The minimum atomic E-state index is -4.13. The molecule has 1 saturated carbocycles. The van der Waals surface area contributed by atoms with Gasteiger partial charge in [0.25, 0.3) is 0 Å². The van der Waals surface area contributed by atoms with E-state index in [1.165, 1.54) is 0 Å². The maximum absolute atomic E-state index is 11.8. The predicted molar refractivity (Wildman–Crippen MR) is 44.3 cm³/mol. The van der Waals surface area contributed by atoms with Gasteiger partial charge in [0.15, 0.2) is 0 Å². The second-order valence-electron chi connectivity index (χ2n) is 3.55. The van der Waals surface area contributed by atoms with Gasteiger partial charge in [-0.25, -0.2) is 0 Å². The molecule has 3 N–H and O–H groups in total. The topological polar surface area (TPSA) is 38.0 Å². The highest BCUT2D eigenvalue weighted by Crippen LogP contribution is 2.19. The van der Waals surface area contributed by atoms with Crippen LogP contribution in [0.2, 0.25) is 0 Å². The lowest BCUT2D eigenvalue weighted by Gasteiger charge is -2.29. The van der Waals surface area contributed by atoms with Crippen molar-refractivity contribution in [3.05, 3.63) is 0 Å². The molecule has 0 bridgehead atoms. The summed E-state index contributed by atoms with van der Waals surface area (Å²) in [5, 5.41) is 2.46. The first-order valence-corrected chi connectivity index (χ1v) is 4.55. The second kappa shape index (κ2) is 4.28. The summed E-state index contributed by atoms with van der Waals surface area (Å²) in [7, 11) is 0. The van der Waals surface area contributed by atoms with Gasteiger partial charge in [-0.15, -0.1) is 0 Å². The van der Waals surface area contributed by atoms with Crippen LogP contribution in [0.5, 0.6) is 0 Å². The van der Waals surface area contributed by atoms with E-state index >= 15 is 0 Å². The summed E-state index contributed by atoms with van der Waals surface area (Å²) in [5.41, 5.74) is 5.68. The predicted octanol–water partition coefficient (Wildman–Crippen LogP) is 1.41. The van der Waals surface area contributed by atoms with Crippen molar-refractivity contribution in [2.24, 2.45) is 5.73 Å². The van der Waals surface area contributed by atoms with Crippen LogP contribution >= 0.6 is 0 Å². The molecule has 0 unspecified atom stereocenters. The fourth-order valence-corrected chi connectivity index (χ4v) is 1.66. The quantitative estimate of drug-likeness (QED) is 0.700. The van der Waals surface area contributed by atoms with Gasteiger partial charge < -0.3 is 11.1 Å². The molecular weight excluding hydrogens is 181 g/mol. The maximum Gasteiger partial charge on any atom is 0.401 e. The van der Waals surface area contributed by atoms with Crippen LogP contribution < -0.4 is 11.1 Å². The molecule has 1 aliphatic rings. The SMILES string of the molecule is N[C@@H]1CCCC[C@@H]1NCC(F)(F)F. The lowest BCUT2D eigenvalue weighted by Crippen LogP contribution is -2.49. The Bertz CT molecular complexity index is 158. The van der Waals surface area contributed by atoms with Gasteiger partial charge >= 0.3 is 6.18 Å². The summed E-state index contributed by atoms with van der Waals surface area (Å²) in [4.78, 5) is 0. The zero-order valence-corrected chi connectivity index (χ0v) is 7.40. The Kier molecular flexibility index (Phi) is 3.55. The molecule has 0 spiro atoms. The van der Waals surface area contributed by atoms with Crippen LogP contribution in [0.4, 0.5) is 13.2 Å². The van der Waals surface area contributed by atoms with Crippen molar-refractivity contribution < 1.29 is 13.2 Å². The van der Waals surface area contributed by atoms with Gasteiger partial charge in [0.05, 0.1) is 6.54 Å². The Labute approximate surface area is 75.7 Å². The molecule has 0 heterocycles. The summed E-state index contributed by atoms with van der Waals surface area (Å²) < 4.78 is 35.5. The van der Waals surface area contributed by atoms with Crippen LogP contribution in [0, 0.1) is 0 Å². The van der Waals surface area contributed by atoms with Gasteiger partial charge in [-0.1, -0.05) is 12.8 Å².